The first-order valence-corrected chi connectivity index (χ1v) is 7.26. The predicted molar refractivity (Wildman–Crippen MR) is 91.6 cm³/mol. The number of rotatable bonds is 0. The molecule has 0 aliphatic rings. The fourth-order valence-electron chi connectivity index (χ4n) is 2.06. The largest absolute Gasteiger partial charge is 0.265 e. The molecule has 0 amide bonds. The second kappa shape index (κ2) is 7.07. The first-order valence-electron chi connectivity index (χ1n) is 7.26. The molecular weight excluding hydrogens is 280 g/mol. The molecule has 1 aromatic carbocycles. The van der Waals surface area contributed by atoms with Gasteiger partial charge in [-0.1, -0.05) is 29.7 Å². The highest BCUT2D eigenvalue weighted by Crippen LogP contribution is 2.12. The van der Waals surface area contributed by atoms with E-state index < -0.39 is 0 Å². The third kappa shape index (κ3) is 3.84. The summed E-state index contributed by atoms with van der Waals surface area (Å²) in [5.41, 5.74) is 4.97. The van der Waals surface area contributed by atoms with Crippen molar-refractivity contribution in [1.29, 1.82) is 0 Å². The lowest BCUT2D eigenvalue weighted by Crippen LogP contribution is -1.88. The summed E-state index contributed by atoms with van der Waals surface area (Å²) >= 11 is 0. The molecule has 0 aliphatic heterocycles. The molecule has 0 atom stereocenters. The Bertz CT molecular complexity index is 846. The van der Waals surface area contributed by atoms with E-state index in [1.165, 1.54) is 0 Å². The van der Waals surface area contributed by atoms with Crippen molar-refractivity contribution < 1.29 is 0 Å². The highest BCUT2D eigenvalue weighted by atomic mass is 14.6. The Morgan fingerprint density at radius 2 is 1.04 bits per heavy atom. The van der Waals surface area contributed by atoms with E-state index in [-0.39, 0.29) is 0 Å². The van der Waals surface area contributed by atoms with Crippen LogP contribution >= 0.6 is 0 Å². The molecule has 0 spiro atoms. The molecule has 2 heterocycles. The Morgan fingerprint density at radius 1 is 0.609 bits per heavy atom. The van der Waals surface area contributed by atoms with E-state index in [2.05, 4.69) is 33.6 Å². The second-order valence-corrected chi connectivity index (χ2v) is 4.95. The summed E-state index contributed by atoms with van der Waals surface area (Å²) in [5, 5.41) is 0. The zero-order chi connectivity index (χ0) is 15.9. The average Bonchev–Trinajstić information content (AvgIpc) is 2.61. The Balaban J connectivity index is 1.91. The molecule has 108 valence electrons. The fraction of sp³-hybridized carbons (Fsp3) is 0.0476. The molecule has 3 rings (SSSR count). The van der Waals surface area contributed by atoms with Gasteiger partial charge in [-0.15, -0.1) is 0 Å². The van der Waals surface area contributed by atoms with Gasteiger partial charge in [0, 0.05) is 47.0 Å². The Hall–Kier alpha value is -3.36. The van der Waals surface area contributed by atoms with Gasteiger partial charge in [-0.2, -0.15) is 0 Å². The van der Waals surface area contributed by atoms with Gasteiger partial charge in [0.05, 0.1) is 0 Å². The van der Waals surface area contributed by atoms with E-state index in [4.69, 9.17) is 0 Å². The summed E-state index contributed by atoms with van der Waals surface area (Å²) in [4.78, 5) is 7.99. The zero-order valence-corrected chi connectivity index (χ0v) is 12.7. The summed E-state index contributed by atoms with van der Waals surface area (Å²) in [6.07, 6.45) is 6.97. The van der Waals surface area contributed by atoms with Crippen LogP contribution in [0.25, 0.3) is 0 Å². The molecule has 0 radical (unpaired) electrons. The minimum absolute atomic E-state index is 0.952. The van der Waals surface area contributed by atoms with Crippen molar-refractivity contribution in [3.8, 4) is 23.7 Å². The van der Waals surface area contributed by atoms with Crippen molar-refractivity contribution >= 4 is 0 Å². The van der Waals surface area contributed by atoms with Crippen LogP contribution < -0.4 is 0 Å². The SMILES string of the molecule is Cc1c(C#Cc2ccncc2)cccc1C#Cc1ccncc1. The van der Waals surface area contributed by atoms with Crippen LogP contribution in [0.15, 0.2) is 67.3 Å². The van der Waals surface area contributed by atoms with E-state index in [9.17, 15) is 0 Å². The monoisotopic (exact) mass is 294 g/mol. The molecule has 0 bridgehead atoms. The number of hydrogen-bond acceptors (Lipinski definition) is 2. The second-order valence-electron chi connectivity index (χ2n) is 4.95. The van der Waals surface area contributed by atoms with Crippen molar-refractivity contribution in [3.05, 3.63) is 95.1 Å². The van der Waals surface area contributed by atoms with Gasteiger partial charge in [-0.05, 0) is 48.9 Å². The van der Waals surface area contributed by atoms with Gasteiger partial charge in [0.2, 0.25) is 0 Å². The smallest absolute Gasteiger partial charge is 0.0290 e. The lowest BCUT2D eigenvalue weighted by atomic mass is 10.0. The third-order valence-electron chi connectivity index (χ3n) is 3.38. The number of hydrogen-bond donors (Lipinski definition) is 0. The molecule has 0 aliphatic carbocycles. The van der Waals surface area contributed by atoms with Crippen molar-refractivity contribution in [2.24, 2.45) is 0 Å². The standard InChI is InChI=1S/C21H14N2/c1-17-20(7-5-18-9-13-22-14-10-18)3-2-4-21(17)8-6-19-11-15-23-16-12-19/h2-4,9-16H,1H3. The van der Waals surface area contributed by atoms with Crippen molar-refractivity contribution in [3.63, 3.8) is 0 Å². The maximum Gasteiger partial charge on any atom is 0.0290 e. The molecule has 0 saturated carbocycles. The maximum atomic E-state index is 3.99. The number of benzene rings is 1. The zero-order valence-electron chi connectivity index (χ0n) is 12.7. The Morgan fingerprint density at radius 3 is 1.48 bits per heavy atom. The summed E-state index contributed by atoms with van der Waals surface area (Å²) in [7, 11) is 0. The Labute approximate surface area is 136 Å². The van der Waals surface area contributed by atoms with E-state index in [0.717, 1.165) is 27.8 Å². The van der Waals surface area contributed by atoms with Crippen LogP contribution in [0, 0.1) is 30.6 Å². The molecule has 3 aromatic rings. The van der Waals surface area contributed by atoms with Crippen LogP contribution in [0.3, 0.4) is 0 Å². The van der Waals surface area contributed by atoms with Crippen LogP contribution in [-0.2, 0) is 0 Å². The first kappa shape index (κ1) is 14.6. The molecule has 0 unspecified atom stereocenters. The Kier molecular flexibility index (Phi) is 4.48. The molecule has 0 fully saturated rings. The third-order valence-corrected chi connectivity index (χ3v) is 3.38. The summed E-state index contributed by atoms with van der Waals surface area (Å²) < 4.78 is 0. The first-order chi connectivity index (χ1) is 11.3. The van der Waals surface area contributed by atoms with Crippen LogP contribution in [0.1, 0.15) is 27.8 Å². The summed E-state index contributed by atoms with van der Waals surface area (Å²) in [5.74, 6) is 12.7. The van der Waals surface area contributed by atoms with Gasteiger partial charge in [-0.25, -0.2) is 0 Å². The molecule has 2 heteroatoms. The number of nitrogens with zero attached hydrogens (tertiary/aromatic N) is 2. The topological polar surface area (TPSA) is 25.8 Å². The van der Waals surface area contributed by atoms with E-state index in [1.807, 2.05) is 49.4 Å². The van der Waals surface area contributed by atoms with Crippen LogP contribution in [0.5, 0.6) is 0 Å². The van der Waals surface area contributed by atoms with Crippen molar-refractivity contribution in [1.82, 2.24) is 9.97 Å². The molecule has 0 N–H and O–H groups in total. The molecular formula is C21H14N2. The highest BCUT2D eigenvalue weighted by molar-refractivity contribution is 5.54. The molecule has 23 heavy (non-hydrogen) atoms. The summed E-state index contributed by atoms with van der Waals surface area (Å²) in [6, 6.07) is 13.6. The van der Waals surface area contributed by atoms with E-state index >= 15 is 0 Å². The lowest BCUT2D eigenvalue weighted by Gasteiger charge is -2.01. The van der Waals surface area contributed by atoms with Crippen molar-refractivity contribution in [2.75, 3.05) is 0 Å². The normalized spacial score (nSPS) is 9.26. The van der Waals surface area contributed by atoms with Gasteiger partial charge in [-0.3, -0.25) is 9.97 Å². The van der Waals surface area contributed by atoms with Gasteiger partial charge in [0.15, 0.2) is 0 Å². The fourth-order valence-corrected chi connectivity index (χ4v) is 2.06. The minimum atomic E-state index is 0.952. The number of pyridine rings is 2. The predicted octanol–water partition coefficient (Wildman–Crippen LogP) is 3.58. The van der Waals surface area contributed by atoms with Crippen LogP contribution in [-0.4, -0.2) is 9.97 Å². The van der Waals surface area contributed by atoms with Gasteiger partial charge in [0.25, 0.3) is 0 Å². The van der Waals surface area contributed by atoms with Gasteiger partial charge in [0.1, 0.15) is 0 Å². The molecule has 2 nitrogen and oxygen atoms in total. The quantitative estimate of drug-likeness (QED) is 0.592. The van der Waals surface area contributed by atoms with Gasteiger partial charge < -0.3 is 0 Å². The minimum Gasteiger partial charge on any atom is -0.265 e. The summed E-state index contributed by atoms with van der Waals surface area (Å²) in [6.45, 7) is 2.05. The van der Waals surface area contributed by atoms with Crippen LogP contribution in [0.2, 0.25) is 0 Å². The molecule has 0 saturated heterocycles. The highest BCUT2D eigenvalue weighted by Gasteiger charge is 1.99. The number of aromatic nitrogens is 2. The average molecular weight is 294 g/mol. The lowest BCUT2D eigenvalue weighted by molar-refractivity contribution is 1.32. The maximum absolute atomic E-state index is 3.99. The van der Waals surface area contributed by atoms with E-state index in [0.29, 0.717) is 0 Å². The van der Waals surface area contributed by atoms with E-state index in [1.54, 1.807) is 24.8 Å². The van der Waals surface area contributed by atoms with Crippen molar-refractivity contribution in [2.45, 2.75) is 6.92 Å². The van der Waals surface area contributed by atoms with Crippen LogP contribution in [0.4, 0.5) is 0 Å². The molecule has 2 aromatic heterocycles. The van der Waals surface area contributed by atoms with Gasteiger partial charge >= 0.3 is 0 Å².